The Morgan fingerprint density at radius 2 is 2.11 bits per heavy atom. The molecule has 2 heteroatoms. The van der Waals surface area contributed by atoms with Gasteiger partial charge in [0, 0.05) is 13.0 Å². The van der Waals surface area contributed by atoms with Gasteiger partial charge in [-0.15, -0.1) is 6.42 Å². The molecule has 0 unspecified atom stereocenters. The second-order valence-corrected chi connectivity index (χ2v) is 4.45. The Balaban J connectivity index is 2.54. The van der Waals surface area contributed by atoms with E-state index in [0.29, 0.717) is 13.0 Å². The van der Waals surface area contributed by atoms with E-state index in [1.54, 1.807) is 4.90 Å². The van der Waals surface area contributed by atoms with E-state index in [0.717, 1.165) is 19.4 Å². The van der Waals surface area contributed by atoms with E-state index in [1.807, 2.05) is 12.1 Å². The van der Waals surface area contributed by atoms with Gasteiger partial charge in [0.05, 0.1) is 6.54 Å². The first-order valence-corrected chi connectivity index (χ1v) is 6.44. The topological polar surface area (TPSA) is 20.3 Å². The maximum atomic E-state index is 12.0. The lowest BCUT2D eigenvalue weighted by Crippen LogP contribution is -2.32. The molecule has 1 amide bonds. The van der Waals surface area contributed by atoms with E-state index in [4.69, 9.17) is 6.42 Å². The number of amides is 1. The molecule has 1 rings (SSSR count). The summed E-state index contributed by atoms with van der Waals surface area (Å²) in [6, 6.07) is 8.18. The van der Waals surface area contributed by atoms with Crippen LogP contribution in [0.2, 0.25) is 0 Å². The summed E-state index contributed by atoms with van der Waals surface area (Å²) in [4.78, 5) is 13.8. The highest BCUT2D eigenvalue weighted by molar-refractivity contribution is 5.76. The smallest absolute Gasteiger partial charge is 0.223 e. The third-order valence-electron chi connectivity index (χ3n) is 3.00. The van der Waals surface area contributed by atoms with Crippen molar-refractivity contribution in [3.63, 3.8) is 0 Å². The summed E-state index contributed by atoms with van der Waals surface area (Å²) in [6.07, 6.45) is 7.55. The number of carbonyl (C=O) groups is 1. The Morgan fingerprint density at radius 1 is 1.39 bits per heavy atom. The number of benzene rings is 1. The molecule has 18 heavy (non-hydrogen) atoms. The minimum atomic E-state index is 0.151. The van der Waals surface area contributed by atoms with Gasteiger partial charge >= 0.3 is 0 Å². The van der Waals surface area contributed by atoms with Gasteiger partial charge in [0.25, 0.3) is 0 Å². The molecule has 0 aliphatic heterocycles. The minimum absolute atomic E-state index is 0.151. The molecule has 0 N–H and O–H groups in total. The van der Waals surface area contributed by atoms with Crippen LogP contribution in [0.1, 0.15) is 30.9 Å². The number of aryl methyl sites for hydroxylation is 2. The molecule has 0 aromatic heterocycles. The summed E-state index contributed by atoms with van der Waals surface area (Å²) >= 11 is 0. The zero-order valence-corrected chi connectivity index (χ0v) is 11.3. The Labute approximate surface area is 110 Å². The summed E-state index contributed by atoms with van der Waals surface area (Å²) in [7, 11) is 0. The average molecular weight is 243 g/mol. The van der Waals surface area contributed by atoms with E-state index in [1.165, 1.54) is 11.1 Å². The maximum Gasteiger partial charge on any atom is 0.223 e. The van der Waals surface area contributed by atoms with Crippen LogP contribution in [0.3, 0.4) is 0 Å². The molecule has 0 fully saturated rings. The van der Waals surface area contributed by atoms with E-state index in [2.05, 4.69) is 31.9 Å². The highest BCUT2D eigenvalue weighted by Crippen LogP contribution is 2.10. The molecular formula is C16H21NO. The molecule has 0 aliphatic carbocycles. The zero-order chi connectivity index (χ0) is 13.4. The average Bonchev–Trinajstić information content (AvgIpc) is 2.37. The molecule has 1 aromatic carbocycles. The zero-order valence-electron chi connectivity index (χ0n) is 11.3. The highest BCUT2D eigenvalue weighted by atomic mass is 16.2. The van der Waals surface area contributed by atoms with Gasteiger partial charge in [-0.2, -0.15) is 0 Å². The molecule has 2 nitrogen and oxygen atoms in total. The molecule has 0 atom stereocenters. The van der Waals surface area contributed by atoms with Gasteiger partial charge in [-0.05, 0) is 30.9 Å². The minimum Gasteiger partial charge on any atom is -0.332 e. The monoisotopic (exact) mass is 243 g/mol. The normalized spacial score (nSPS) is 9.83. The molecule has 0 bridgehead atoms. The first-order chi connectivity index (χ1) is 8.69. The van der Waals surface area contributed by atoms with E-state index in [9.17, 15) is 4.79 Å². The van der Waals surface area contributed by atoms with Crippen molar-refractivity contribution in [3.8, 4) is 12.3 Å². The molecular weight excluding hydrogens is 222 g/mol. The van der Waals surface area contributed by atoms with Crippen LogP contribution >= 0.6 is 0 Å². The van der Waals surface area contributed by atoms with Gasteiger partial charge in [0.2, 0.25) is 5.91 Å². The summed E-state index contributed by atoms with van der Waals surface area (Å²) in [5.74, 6) is 2.70. The summed E-state index contributed by atoms with van der Waals surface area (Å²) in [5.41, 5.74) is 2.48. The molecule has 0 aliphatic rings. The molecule has 0 radical (unpaired) electrons. The third kappa shape index (κ3) is 4.25. The third-order valence-corrected chi connectivity index (χ3v) is 3.00. The van der Waals surface area contributed by atoms with Crippen LogP contribution in [0.15, 0.2) is 24.3 Å². The lowest BCUT2D eigenvalue weighted by atomic mass is 10.0. The van der Waals surface area contributed by atoms with Crippen LogP contribution < -0.4 is 0 Å². The summed E-state index contributed by atoms with van der Waals surface area (Å²) in [5, 5.41) is 0. The molecule has 0 saturated carbocycles. The number of rotatable bonds is 6. The Morgan fingerprint density at radius 3 is 2.72 bits per heavy atom. The van der Waals surface area contributed by atoms with Crippen molar-refractivity contribution in [1.82, 2.24) is 4.90 Å². The standard InChI is InChI=1S/C16H21NO/c1-4-12-17(13-5-2)16(18)11-10-15-9-7-6-8-14(15)3/h1,6-9H,5,10-13H2,2-3H3. The Hall–Kier alpha value is -1.75. The molecule has 0 saturated heterocycles. The van der Waals surface area contributed by atoms with E-state index >= 15 is 0 Å². The van der Waals surface area contributed by atoms with Crippen LogP contribution in [-0.4, -0.2) is 23.9 Å². The Kier molecular flexibility index (Phi) is 6.00. The number of terminal acetylenes is 1. The van der Waals surface area contributed by atoms with Crippen LogP contribution in [0, 0.1) is 19.3 Å². The van der Waals surface area contributed by atoms with Crippen molar-refractivity contribution in [2.75, 3.05) is 13.1 Å². The molecule has 0 heterocycles. The van der Waals surface area contributed by atoms with E-state index in [-0.39, 0.29) is 5.91 Å². The highest BCUT2D eigenvalue weighted by Gasteiger charge is 2.11. The van der Waals surface area contributed by atoms with Crippen molar-refractivity contribution in [3.05, 3.63) is 35.4 Å². The number of carbonyl (C=O) groups excluding carboxylic acids is 1. The first kappa shape index (κ1) is 14.3. The van der Waals surface area contributed by atoms with Crippen LogP contribution in [-0.2, 0) is 11.2 Å². The van der Waals surface area contributed by atoms with Crippen molar-refractivity contribution >= 4 is 5.91 Å². The SMILES string of the molecule is C#CCN(CCC)C(=O)CCc1ccccc1C. The summed E-state index contributed by atoms with van der Waals surface area (Å²) in [6.45, 7) is 5.29. The van der Waals surface area contributed by atoms with Crippen molar-refractivity contribution in [2.24, 2.45) is 0 Å². The van der Waals surface area contributed by atoms with Crippen LogP contribution in [0.25, 0.3) is 0 Å². The number of hydrogen-bond donors (Lipinski definition) is 0. The predicted molar refractivity (Wildman–Crippen MR) is 75.2 cm³/mol. The molecule has 0 spiro atoms. The molecule has 96 valence electrons. The fourth-order valence-corrected chi connectivity index (χ4v) is 1.96. The second-order valence-electron chi connectivity index (χ2n) is 4.45. The van der Waals surface area contributed by atoms with Gasteiger partial charge in [-0.3, -0.25) is 4.79 Å². The fourth-order valence-electron chi connectivity index (χ4n) is 1.96. The van der Waals surface area contributed by atoms with Gasteiger partial charge in [-0.1, -0.05) is 37.1 Å². The molecule has 1 aromatic rings. The van der Waals surface area contributed by atoms with Crippen molar-refractivity contribution in [2.45, 2.75) is 33.1 Å². The van der Waals surface area contributed by atoms with Crippen molar-refractivity contribution < 1.29 is 4.79 Å². The van der Waals surface area contributed by atoms with Gasteiger partial charge in [-0.25, -0.2) is 0 Å². The largest absolute Gasteiger partial charge is 0.332 e. The maximum absolute atomic E-state index is 12.0. The van der Waals surface area contributed by atoms with E-state index < -0.39 is 0 Å². The predicted octanol–water partition coefficient (Wildman–Crippen LogP) is 2.80. The van der Waals surface area contributed by atoms with Gasteiger partial charge in [0.15, 0.2) is 0 Å². The first-order valence-electron chi connectivity index (χ1n) is 6.44. The summed E-state index contributed by atoms with van der Waals surface area (Å²) < 4.78 is 0. The van der Waals surface area contributed by atoms with Gasteiger partial charge < -0.3 is 4.90 Å². The quantitative estimate of drug-likeness (QED) is 0.704. The number of hydrogen-bond acceptors (Lipinski definition) is 1. The van der Waals surface area contributed by atoms with Gasteiger partial charge in [0.1, 0.15) is 0 Å². The second kappa shape index (κ2) is 7.55. The van der Waals surface area contributed by atoms with Crippen molar-refractivity contribution in [1.29, 1.82) is 0 Å². The number of nitrogens with zero attached hydrogens (tertiary/aromatic N) is 1. The fraction of sp³-hybridized carbons (Fsp3) is 0.438. The van der Waals surface area contributed by atoms with Crippen LogP contribution in [0.5, 0.6) is 0 Å². The Bertz CT molecular complexity index is 431. The lowest BCUT2D eigenvalue weighted by molar-refractivity contribution is -0.130. The van der Waals surface area contributed by atoms with Crippen LogP contribution in [0.4, 0.5) is 0 Å². The lowest BCUT2D eigenvalue weighted by Gasteiger charge is -2.19.